The van der Waals surface area contributed by atoms with E-state index >= 15 is 0 Å². The molecule has 0 spiro atoms. The molecule has 1 aliphatic rings. The number of rotatable bonds is 7. The van der Waals surface area contributed by atoms with Crippen LogP contribution in [0.15, 0.2) is 18.2 Å². The van der Waals surface area contributed by atoms with Gasteiger partial charge in [-0.05, 0) is 55.6 Å². The highest BCUT2D eigenvalue weighted by molar-refractivity contribution is 7.88. The van der Waals surface area contributed by atoms with E-state index in [9.17, 15) is 12.8 Å². The van der Waals surface area contributed by atoms with Crippen LogP contribution in [0, 0.1) is 11.7 Å². The molecule has 1 aromatic carbocycles. The van der Waals surface area contributed by atoms with Gasteiger partial charge in [-0.15, -0.1) is 0 Å². The van der Waals surface area contributed by atoms with Gasteiger partial charge in [0.2, 0.25) is 10.0 Å². The minimum Gasteiger partial charge on any atom is -0.299 e. The molecule has 1 N–H and O–H groups in total. The highest BCUT2D eigenvalue weighted by atomic mass is 35.5. The van der Waals surface area contributed by atoms with Crippen LogP contribution in [0.3, 0.4) is 0 Å². The number of hydrogen-bond donors (Lipinski definition) is 1. The van der Waals surface area contributed by atoms with E-state index in [1.807, 2.05) is 0 Å². The Morgan fingerprint density at radius 1 is 1.30 bits per heavy atom. The second-order valence-electron chi connectivity index (χ2n) is 6.40. The molecule has 0 radical (unpaired) electrons. The lowest BCUT2D eigenvalue weighted by Gasteiger charge is -2.30. The summed E-state index contributed by atoms with van der Waals surface area (Å²) < 4.78 is 40.5. The molecule has 1 saturated heterocycles. The number of halogens is 2. The highest BCUT2D eigenvalue weighted by Crippen LogP contribution is 2.20. The van der Waals surface area contributed by atoms with Crippen molar-refractivity contribution in [2.75, 3.05) is 19.6 Å². The maximum Gasteiger partial charge on any atom is 0.215 e. The topological polar surface area (TPSA) is 49.4 Å². The summed E-state index contributed by atoms with van der Waals surface area (Å²) in [5.74, 6) is -0.445. The maximum atomic E-state index is 13.3. The molecule has 0 saturated carbocycles. The lowest BCUT2D eigenvalue weighted by atomic mass is 10.0. The fourth-order valence-corrected chi connectivity index (χ4v) is 4.42. The van der Waals surface area contributed by atoms with Gasteiger partial charge in [0, 0.05) is 17.6 Å². The van der Waals surface area contributed by atoms with Crippen molar-refractivity contribution >= 4 is 21.6 Å². The zero-order valence-electron chi connectivity index (χ0n) is 13.6. The summed E-state index contributed by atoms with van der Waals surface area (Å²) in [4.78, 5) is 2.34. The average molecular weight is 363 g/mol. The Balaban J connectivity index is 2.01. The maximum absolute atomic E-state index is 13.3. The molecule has 1 unspecified atom stereocenters. The standard InChI is InChI=1S/C16H24ClFN2O2S/c1-12(2)16(20-7-3-4-8-20)10-19-23(21,22)11-13-9-14(18)5-6-15(13)17/h5-6,9,12,16,19H,3-4,7-8,10-11H2,1-2H3. The largest absolute Gasteiger partial charge is 0.299 e. The van der Waals surface area contributed by atoms with Gasteiger partial charge in [-0.25, -0.2) is 17.5 Å². The summed E-state index contributed by atoms with van der Waals surface area (Å²) in [7, 11) is -3.56. The van der Waals surface area contributed by atoms with E-state index in [4.69, 9.17) is 11.6 Å². The SMILES string of the molecule is CC(C)C(CNS(=O)(=O)Cc1cc(F)ccc1Cl)N1CCCC1. The first kappa shape index (κ1) is 18.6. The molecular weight excluding hydrogens is 339 g/mol. The first-order valence-electron chi connectivity index (χ1n) is 7.94. The molecular formula is C16H24ClFN2O2S. The van der Waals surface area contributed by atoms with E-state index in [-0.39, 0.29) is 22.4 Å². The number of hydrogen-bond acceptors (Lipinski definition) is 3. The fourth-order valence-electron chi connectivity index (χ4n) is 2.98. The van der Waals surface area contributed by atoms with Crippen molar-refractivity contribution in [2.24, 2.45) is 5.92 Å². The predicted octanol–water partition coefficient (Wildman–Crippen LogP) is 3.02. The van der Waals surface area contributed by atoms with Crippen LogP contribution in [0.5, 0.6) is 0 Å². The third-order valence-electron chi connectivity index (χ3n) is 4.24. The molecule has 1 fully saturated rings. The molecule has 1 atom stereocenters. The summed E-state index contributed by atoms with van der Waals surface area (Å²) in [6, 6.07) is 3.94. The van der Waals surface area contributed by atoms with Crippen molar-refractivity contribution in [3.63, 3.8) is 0 Å². The number of nitrogens with zero attached hydrogens (tertiary/aromatic N) is 1. The average Bonchev–Trinajstić information content (AvgIpc) is 2.96. The van der Waals surface area contributed by atoms with Gasteiger partial charge >= 0.3 is 0 Å². The monoisotopic (exact) mass is 362 g/mol. The van der Waals surface area contributed by atoms with Crippen molar-refractivity contribution in [3.05, 3.63) is 34.6 Å². The van der Waals surface area contributed by atoms with Crippen molar-refractivity contribution in [1.29, 1.82) is 0 Å². The predicted molar refractivity (Wildman–Crippen MR) is 91.5 cm³/mol. The Morgan fingerprint density at radius 3 is 2.57 bits per heavy atom. The third-order valence-corrected chi connectivity index (χ3v) is 5.91. The molecule has 1 heterocycles. The zero-order chi connectivity index (χ0) is 17.0. The van der Waals surface area contributed by atoms with Crippen LogP contribution in [-0.4, -0.2) is 39.0 Å². The van der Waals surface area contributed by atoms with Gasteiger partial charge in [0.05, 0.1) is 5.75 Å². The molecule has 1 aromatic rings. The third kappa shape index (κ3) is 5.41. The van der Waals surface area contributed by atoms with Crippen LogP contribution in [0.2, 0.25) is 5.02 Å². The molecule has 0 bridgehead atoms. The van der Waals surface area contributed by atoms with Crippen molar-refractivity contribution in [2.45, 2.75) is 38.5 Å². The van der Waals surface area contributed by atoms with Gasteiger partial charge in [0.15, 0.2) is 0 Å². The minimum atomic E-state index is -3.56. The molecule has 130 valence electrons. The number of benzene rings is 1. The second-order valence-corrected chi connectivity index (χ2v) is 8.61. The van der Waals surface area contributed by atoms with E-state index in [1.54, 1.807) is 0 Å². The summed E-state index contributed by atoms with van der Waals surface area (Å²) >= 11 is 5.95. The Bertz CT molecular complexity index is 631. The summed E-state index contributed by atoms with van der Waals surface area (Å²) in [6.45, 7) is 6.59. The normalized spacial score (nSPS) is 17.8. The summed E-state index contributed by atoms with van der Waals surface area (Å²) in [5.41, 5.74) is 0.279. The Labute approximate surface area is 143 Å². The summed E-state index contributed by atoms with van der Waals surface area (Å²) in [5, 5.41) is 0.261. The molecule has 4 nitrogen and oxygen atoms in total. The number of likely N-dealkylation sites (tertiary alicyclic amines) is 1. The molecule has 1 aliphatic heterocycles. The van der Waals surface area contributed by atoms with Gasteiger partial charge < -0.3 is 0 Å². The molecule has 7 heteroatoms. The van der Waals surface area contributed by atoms with E-state index in [0.717, 1.165) is 25.9 Å². The lowest BCUT2D eigenvalue weighted by molar-refractivity contribution is 0.193. The Kier molecular flexibility index (Phi) is 6.42. The van der Waals surface area contributed by atoms with E-state index in [1.165, 1.54) is 18.2 Å². The first-order chi connectivity index (χ1) is 10.8. The summed E-state index contributed by atoms with van der Waals surface area (Å²) in [6.07, 6.45) is 2.32. The van der Waals surface area contributed by atoms with Gasteiger partial charge in [-0.2, -0.15) is 0 Å². The zero-order valence-corrected chi connectivity index (χ0v) is 15.1. The Morgan fingerprint density at radius 2 is 1.96 bits per heavy atom. The fraction of sp³-hybridized carbons (Fsp3) is 0.625. The van der Waals surface area contributed by atoms with Gasteiger partial charge in [-0.1, -0.05) is 25.4 Å². The van der Waals surface area contributed by atoms with E-state index < -0.39 is 15.8 Å². The molecule has 2 rings (SSSR count). The van der Waals surface area contributed by atoms with Crippen LogP contribution in [-0.2, 0) is 15.8 Å². The van der Waals surface area contributed by atoms with Crippen LogP contribution >= 0.6 is 11.6 Å². The molecule has 0 amide bonds. The van der Waals surface area contributed by atoms with Gasteiger partial charge in [0.1, 0.15) is 5.82 Å². The van der Waals surface area contributed by atoms with Crippen molar-refractivity contribution in [3.8, 4) is 0 Å². The van der Waals surface area contributed by atoms with Crippen LogP contribution in [0.1, 0.15) is 32.3 Å². The molecule has 0 aliphatic carbocycles. The number of sulfonamides is 1. The molecule has 0 aromatic heterocycles. The first-order valence-corrected chi connectivity index (χ1v) is 9.97. The lowest BCUT2D eigenvalue weighted by Crippen LogP contribution is -2.45. The van der Waals surface area contributed by atoms with Gasteiger partial charge in [0.25, 0.3) is 0 Å². The smallest absolute Gasteiger partial charge is 0.215 e. The number of nitrogens with one attached hydrogen (secondary N) is 1. The Hall–Kier alpha value is -0.690. The van der Waals surface area contributed by atoms with Crippen molar-refractivity contribution in [1.82, 2.24) is 9.62 Å². The second kappa shape index (κ2) is 7.92. The van der Waals surface area contributed by atoms with Gasteiger partial charge in [-0.3, -0.25) is 4.90 Å². The minimum absolute atomic E-state index is 0.176. The highest BCUT2D eigenvalue weighted by Gasteiger charge is 2.26. The van der Waals surface area contributed by atoms with E-state index in [2.05, 4.69) is 23.5 Å². The quantitative estimate of drug-likeness (QED) is 0.811. The van der Waals surface area contributed by atoms with Crippen LogP contribution in [0.25, 0.3) is 0 Å². The van der Waals surface area contributed by atoms with E-state index in [0.29, 0.717) is 12.5 Å². The van der Waals surface area contributed by atoms with Crippen LogP contribution < -0.4 is 4.72 Å². The van der Waals surface area contributed by atoms with Crippen molar-refractivity contribution < 1.29 is 12.8 Å². The van der Waals surface area contributed by atoms with Crippen LogP contribution in [0.4, 0.5) is 4.39 Å². The molecule has 23 heavy (non-hydrogen) atoms.